The minimum Gasteiger partial charge on any atom is -0.491 e. The molecule has 150 valence electrons. The van der Waals surface area contributed by atoms with Crippen LogP contribution in [0.2, 0.25) is 0 Å². The molecule has 0 aliphatic rings. The zero-order valence-corrected chi connectivity index (χ0v) is 16.6. The summed E-state index contributed by atoms with van der Waals surface area (Å²) in [5, 5.41) is 10.1. The Labute approximate surface area is 171 Å². The fourth-order valence-electron chi connectivity index (χ4n) is 2.66. The van der Waals surface area contributed by atoms with Gasteiger partial charge in [-0.3, -0.25) is 4.72 Å². The van der Waals surface area contributed by atoms with Crippen molar-refractivity contribution in [1.29, 1.82) is 0 Å². The van der Waals surface area contributed by atoms with Gasteiger partial charge in [0.15, 0.2) is 0 Å². The summed E-state index contributed by atoms with van der Waals surface area (Å²) in [7, 11) is -3.63. The number of nitrogens with one attached hydrogen (secondary N) is 1. The number of hydrogen-bond acceptors (Lipinski definition) is 4. The van der Waals surface area contributed by atoms with Gasteiger partial charge in [0.25, 0.3) is 10.0 Å². The highest BCUT2D eigenvalue weighted by Gasteiger charge is 2.13. The molecule has 0 bridgehead atoms. The van der Waals surface area contributed by atoms with Crippen LogP contribution in [0.25, 0.3) is 6.08 Å². The molecule has 0 heterocycles. The van der Waals surface area contributed by atoms with Crippen molar-refractivity contribution in [3.63, 3.8) is 0 Å². The first-order chi connectivity index (χ1) is 14.0. The van der Waals surface area contributed by atoms with Gasteiger partial charge in [0, 0.05) is 5.69 Å². The van der Waals surface area contributed by atoms with Crippen LogP contribution in [0.1, 0.15) is 12.0 Å². The zero-order valence-electron chi connectivity index (χ0n) is 15.8. The molecular formula is C23H23NO4S. The Morgan fingerprint density at radius 2 is 1.62 bits per heavy atom. The van der Waals surface area contributed by atoms with Gasteiger partial charge in [-0.2, -0.15) is 0 Å². The minimum absolute atomic E-state index is 0.200. The maximum absolute atomic E-state index is 12.4. The zero-order chi connectivity index (χ0) is 20.5. The number of anilines is 1. The molecule has 0 aliphatic carbocycles. The predicted molar refractivity (Wildman–Crippen MR) is 115 cm³/mol. The highest BCUT2D eigenvalue weighted by molar-refractivity contribution is 7.92. The molecule has 0 aliphatic heterocycles. The highest BCUT2D eigenvalue weighted by atomic mass is 32.2. The second kappa shape index (κ2) is 9.91. The van der Waals surface area contributed by atoms with E-state index >= 15 is 0 Å². The van der Waals surface area contributed by atoms with Crippen LogP contribution in [0.4, 0.5) is 5.69 Å². The third-order valence-corrected chi connectivity index (χ3v) is 5.49. The second-order valence-corrected chi connectivity index (χ2v) is 8.14. The summed E-state index contributed by atoms with van der Waals surface area (Å²) in [4.78, 5) is 0.211. The lowest BCUT2D eigenvalue weighted by atomic mass is 10.1. The van der Waals surface area contributed by atoms with Crippen LogP contribution < -0.4 is 9.46 Å². The summed E-state index contributed by atoms with van der Waals surface area (Å²) in [6, 6.07) is 24.6. The maximum Gasteiger partial charge on any atom is 0.261 e. The predicted octanol–water partition coefficient (Wildman–Crippen LogP) is 4.33. The van der Waals surface area contributed by atoms with E-state index in [0.29, 0.717) is 17.9 Å². The van der Waals surface area contributed by atoms with Crippen LogP contribution in [0, 0.1) is 0 Å². The van der Waals surface area contributed by atoms with Crippen molar-refractivity contribution in [1.82, 2.24) is 0 Å². The molecule has 0 radical (unpaired) electrons. The van der Waals surface area contributed by atoms with Crippen molar-refractivity contribution in [3.8, 4) is 5.75 Å². The first-order valence-corrected chi connectivity index (χ1v) is 10.7. The van der Waals surface area contributed by atoms with Crippen molar-refractivity contribution in [2.45, 2.75) is 17.4 Å². The van der Waals surface area contributed by atoms with Gasteiger partial charge in [-0.15, -0.1) is 0 Å². The Kier molecular flexibility index (Phi) is 7.05. The third kappa shape index (κ3) is 6.48. The van der Waals surface area contributed by atoms with Gasteiger partial charge in [-0.25, -0.2) is 8.42 Å². The standard InChI is InChI=1S/C23H23NO4S/c25-21(18-28-22-13-3-1-4-14-22)12-8-10-19-9-7-11-20(17-19)24-29(26,27)23-15-5-2-6-16-23/h1-11,13-17,21,24-25H,12,18H2/b10-8+/t21-/m0/s1. The molecular weight excluding hydrogens is 386 g/mol. The second-order valence-electron chi connectivity index (χ2n) is 6.46. The summed E-state index contributed by atoms with van der Waals surface area (Å²) in [6.45, 7) is 0.200. The van der Waals surface area contributed by atoms with E-state index in [2.05, 4.69) is 4.72 Å². The average molecular weight is 410 g/mol. The number of hydrogen-bond donors (Lipinski definition) is 2. The fraction of sp³-hybridized carbons (Fsp3) is 0.130. The molecule has 2 N–H and O–H groups in total. The molecule has 0 fully saturated rings. The molecule has 1 atom stereocenters. The quantitative estimate of drug-likeness (QED) is 0.552. The van der Waals surface area contributed by atoms with Crippen LogP contribution in [0.5, 0.6) is 5.75 Å². The molecule has 0 amide bonds. The van der Waals surface area contributed by atoms with Gasteiger partial charge in [-0.1, -0.05) is 60.7 Å². The molecule has 5 nitrogen and oxygen atoms in total. The van der Waals surface area contributed by atoms with E-state index in [0.717, 1.165) is 5.56 Å². The van der Waals surface area contributed by atoms with Crippen LogP contribution in [0.15, 0.2) is 95.9 Å². The normalized spacial score (nSPS) is 12.6. The Bertz CT molecular complexity index is 1030. The Morgan fingerprint density at radius 1 is 0.931 bits per heavy atom. The molecule has 0 spiro atoms. The summed E-state index contributed by atoms with van der Waals surface area (Å²) < 4.78 is 33.0. The Balaban J connectivity index is 1.55. The Hall–Kier alpha value is -3.09. The molecule has 3 rings (SSSR count). The number of para-hydroxylation sites is 1. The van der Waals surface area contributed by atoms with E-state index in [9.17, 15) is 13.5 Å². The molecule has 3 aromatic carbocycles. The molecule has 29 heavy (non-hydrogen) atoms. The van der Waals surface area contributed by atoms with Crippen molar-refractivity contribution in [2.75, 3.05) is 11.3 Å². The average Bonchev–Trinajstić information content (AvgIpc) is 2.74. The maximum atomic E-state index is 12.4. The Morgan fingerprint density at radius 3 is 2.34 bits per heavy atom. The van der Waals surface area contributed by atoms with E-state index in [-0.39, 0.29) is 11.5 Å². The van der Waals surface area contributed by atoms with Gasteiger partial charge in [0.2, 0.25) is 0 Å². The molecule has 0 saturated heterocycles. The molecule has 0 unspecified atom stereocenters. The smallest absolute Gasteiger partial charge is 0.261 e. The lowest BCUT2D eigenvalue weighted by Gasteiger charge is -2.10. The minimum atomic E-state index is -3.63. The molecule has 3 aromatic rings. The number of aliphatic hydroxyl groups is 1. The van der Waals surface area contributed by atoms with E-state index in [1.807, 2.05) is 48.6 Å². The van der Waals surface area contributed by atoms with E-state index < -0.39 is 16.1 Å². The molecule has 6 heteroatoms. The monoisotopic (exact) mass is 409 g/mol. The lowest BCUT2D eigenvalue weighted by Crippen LogP contribution is -2.16. The number of sulfonamides is 1. The van der Waals surface area contributed by atoms with Crippen LogP contribution in [-0.2, 0) is 10.0 Å². The topological polar surface area (TPSA) is 75.6 Å². The lowest BCUT2D eigenvalue weighted by molar-refractivity contribution is 0.110. The summed E-state index contributed by atoms with van der Waals surface area (Å²) in [5.41, 5.74) is 1.30. The fourth-order valence-corrected chi connectivity index (χ4v) is 3.73. The third-order valence-electron chi connectivity index (χ3n) is 4.10. The van der Waals surface area contributed by atoms with E-state index in [1.165, 1.54) is 0 Å². The SMILES string of the molecule is O=S(=O)(Nc1cccc(/C=C/C[C@H](O)COc2ccccc2)c1)c1ccccc1. The van der Waals surface area contributed by atoms with Gasteiger partial charge in [0.1, 0.15) is 12.4 Å². The van der Waals surface area contributed by atoms with Gasteiger partial charge >= 0.3 is 0 Å². The summed E-state index contributed by atoms with van der Waals surface area (Å²) in [5.74, 6) is 0.717. The number of ether oxygens (including phenoxy) is 1. The largest absolute Gasteiger partial charge is 0.491 e. The van der Waals surface area contributed by atoms with Crippen molar-refractivity contribution >= 4 is 21.8 Å². The van der Waals surface area contributed by atoms with Gasteiger partial charge in [-0.05, 0) is 48.4 Å². The highest BCUT2D eigenvalue weighted by Crippen LogP contribution is 2.18. The summed E-state index contributed by atoms with van der Waals surface area (Å²) in [6.07, 6.45) is 3.47. The van der Waals surface area contributed by atoms with Crippen LogP contribution in [-0.4, -0.2) is 26.2 Å². The van der Waals surface area contributed by atoms with Crippen molar-refractivity contribution < 1.29 is 18.3 Å². The van der Waals surface area contributed by atoms with Crippen molar-refractivity contribution in [2.24, 2.45) is 0 Å². The van der Waals surface area contributed by atoms with E-state index in [1.54, 1.807) is 48.5 Å². The summed E-state index contributed by atoms with van der Waals surface area (Å²) >= 11 is 0. The van der Waals surface area contributed by atoms with Gasteiger partial charge in [0.05, 0.1) is 11.0 Å². The number of benzene rings is 3. The van der Waals surface area contributed by atoms with Crippen LogP contribution in [0.3, 0.4) is 0 Å². The first kappa shape index (κ1) is 20.6. The molecule has 0 aromatic heterocycles. The van der Waals surface area contributed by atoms with Crippen molar-refractivity contribution in [3.05, 3.63) is 96.6 Å². The number of rotatable bonds is 9. The number of aliphatic hydroxyl groups excluding tert-OH is 1. The first-order valence-electron chi connectivity index (χ1n) is 9.23. The van der Waals surface area contributed by atoms with Crippen LogP contribution >= 0.6 is 0 Å². The van der Waals surface area contributed by atoms with Gasteiger partial charge < -0.3 is 9.84 Å². The molecule has 0 saturated carbocycles. The van der Waals surface area contributed by atoms with E-state index in [4.69, 9.17) is 4.74 Å².